The molecule has 2 aliphatic heterocycles. The zero-order valence-electron chi connectivity index (χ0n) is 21.6. The van der Waals surface area contributed by atoms with E-state index in [0.717, 1.165) is 23.4 Å². The van der Waals surface area contributed by atoms with Gasteiger partial charge in [0, 0.05) is 56.1 Å². The number of aryl methyl sites for hydroxylation is 1. The fraction of sp³-hybridized carbons (Fsp3) is 0.444. The number of hydrogen-bond donors (Lipinski definition) is 0. The van der Waals surface area contributed by atoms with Gasteiger partial charge in [-0.15, -0.1) is 11.3 Å². The summed E-state index contributed by atoms with van der Waals surface area (Å²) in [4.78, 5) is 48.2. The average molecular weight is 538 g/mol. The molecular weight excluding hydrogens is 506 g/mol. The Kier molecular flexibility index (Phi) is 7.73. The van der Waals surface area contributed by atoms with Gasteiger partial charge in [0.1, 0.15) is 22.7 Å². The highest BCUT2D eigenvalue weighted by Gasteiger charge is 2.32. The first-order valence-electron chi connectivity index (χ1n) is 12.9. The quantitative estimate of drug-likeness (QED) is 0.483. The number of benzene rings is 1. The number of piperazine rings is 1. The Morgan fingerprint density at radius 2 is 1.63 bits per heavy atom. The van der Waals surface area contributed by atoms with Crippen molar-refractivity contribution in [3.8, 4) is 11.3 Å². The van der Waals surface area contributed by atoms with Gasteiger partial charge in [0.15, 0.2) is 0 Å². The third-order valence-corrected chi connectivity index (χ3v) is 8.10. The van der Waals surface area contributed by atoms with Gasteiger partial charge < -0.3 is 24.0 Å². The molecule has 2 saturated heterocycles. The van der Waals surface area contributed by atoms with E-state index in [1.807, 2.05) is 40.6 Å². The van der Waals surface area contributed by atoms with Gasteiger partial charge >= 0.3 is 6.09 Å². The third kappa shape index (κ3) is 5.28. The Labute approximate surface area is 225 Å². The van der Waals surface area contributed by atoms with E-state index in [1.54, 1.807) is 23.6 Å². The summed E-state index contributed by atoms with van der Waals surface area (Å²) in [5.41, 5.74) is 2.38. The van der Waals surface area contributed by atoms with Crippen molar-refractivity contribution in [1.82, 2.24) is 24.8 Å². The van der Waals surface area contributed by atoms with Gasteiger partial charge in [-0.25, -0.2) is 9.78 Å². The summed E-state index contributed by atoms with van der Waals surface area (Å²) in [6, 6.07) is 9.58. The SMILES string of the molecule is CCOC(=O)N1CCN(C(=O)c2csc(C3CCN(C(=O)c4c(-c5ccccc5)noc4C)CC3)n2)CC1. The molecular formula is C27H31N5O5S. The van der Waals surface area contributed by atoms with Crippen LogP contribution in [0.4, 0.5) is 4.79 Å². The summed E-state index contributed by atoms with van der Waals surface area (Å²) < 4.78 is 10.4. The predicted molar refractivity (Wildman–Crippen MR) is 141 cm³/mol. The molecule has 200 valence electrons. The smallest absolute Gasteiger partial charge is 0.409 e. The maximum atomic E-state index is 13.4. The zero-order valence-corrected chi connectivity index (χ0v) is 22.4. The van der Waals surface area contributed by atoms with Crippen molar-refractivity contribution in [2.24, 2.45) is 0 Å². The van der Waals surface area contributed by atoms with Crippen molar-refractivity contribution in [1.29, 1.82) is 0 Å². The van der Waals surface area contributed by atoms with E-state index >= 15 is 0 Å². The molecule has 10 nitrogen and oxygen atoms in total. The van der Waals surface area contributed by atoms with Crippen molar-refractivity contribution in [3.05, 3.63) is 57.7 Å². The molecule has 5 rings (SSSR count). The van der Waals surface area contributed by atoms with E-state index in [0.29, 0.717) is 68.6 Å². The van der Waals surface area contributed by atoms with Crippen LogP contribution in [0.5, 0.6) is 0 Å². The number of aromatic nitrogens is 2. The van der Waals surface area contributed by atoms with Gasteiger partial charge in [-0.3, -0.25) is 9.59 Å². The largest absolute Gasteiger partial charge is 0.450 e. The summed E-state index contributed by atoms with van der Waals surface area (Å²) >= 11 is 1.50. The Hall–Kier alpha value is -3.73. The standard InChI is InChI=1S/C27H31N5O5S/c1-3-36-27(35)32-15-13-31(14-16-32)25(33)21-17-38-24(28-21)20-9-11-30(12-10-20)26(34)22-18(2)37-29-23(22)19-7-5-4-6-8-19/h4-8,17,20H,3,9-16H2,1-2H3. The molecule has 0 N–H and O–H groups in total. The number of piperidine rings is 1. The highest BCUT2D eigenvalue weighted by Crippen LogP contribution is 2.33. The van der Waals surface area contributed by atoms with Crippen LogP contribution in [0.25, 0.3) is 11.3 Å². The normalized spacial score (nSPS) is 16.5. The fourth-order valence-electron chi connectivity index (χ4n) is 4.95. The molecule has 4 heterocycles. The second kappa shape index (κ2) is 11.3. The van der Waals surface area contributed by atoms with Crippen LogP contribution >= 0.6 is 11.3 Å². The minimum absolute atomic E-state index is 0.0713. The third-order valence-electron chi connectivity index (χ3n) is 7.09. The van der Waals surface area contributed by atoms with Crippen molar-refractivity contribution >= 4 is 29.2 Å². The summed E-state index contributed by atoms with van der Waals surface area (Å²) in [6.07, 6.45) is 1.21. The van der Waals surface area contributed by atoms with Gasteiger partial charge in [-0.1, -0.05) is 35.5 Å². The zero-order chi connectivity index (χ0) is 26.6. The number of ether oxygens (including phenoxy) is 1. The molecule has 2 aliphatic rings. The molecule has 38 heavy (non-hydrogen) atoms. The van der Waals surface area contributed by atoms with Crippen LogP contribution in [0.2, 0.25) is 0 Å². The van der Waals surface area contributed by atoms with E-state index in [2.05, 4.69) is 10.1 Å². The van der Waals surface area contributed by atoms with E-state index < -0.39 is 0 Å². The molecule has 2 aromatic heterocycles. The minimum Gasteiger partial charge on any atom is -0.450 e. The summed E-state index contributed by atoms with van der Waals surface area (Å²) in [7, 11) is 0. The number of nitrogens with zero attached hydrogens (tertiary/aromatic N) is 5. The number of amides is 3. The van der Waals surface area contributed by atoms with Crippen LogP contribution in [0.3, 0.4) is 0 Å². The molecule has 3 aromatic rings. The van der Waals surface area contributed by atoms with Crippen molar-refractivity contribution in [3.63, 3.8) is 0 Å². The molecule has 0 spiro atoms. The summed E-state index contributed by atoms with van der Waals surface area (Å²) in [5.74, 6) is 0.531. The number of likely N-dealkylation sites (tertiary alicyclic amines) is 1. The monoisotopic (exact) mass is 537 g/mol. The molecule has 0 saturated carbocycles. The molecule has 3 amide bonds. The number of carbonyl (C=O) groups excluding carboxylic acids is 3. The summed E-state index contributed by atoms with van der Waals surface area (Å²) in [5, 5.41) is 6.90. The van der Waals surface area contributed by atoms with E-state index in [4.69, 9.17) is 9.26 Å². The van der Waals surface area contributed by atoms with Gasteiger partial charge in [-0.05, 0) is 26.7 Å². The van der Waals surface area contributed by atoms with Crippen LogP contribution in [0.15, 0.2) is 40.2 Å². The number of thiazole rings is 1. The first-order valence-corrected chi connectivity index (χ1v) is 13.8. The lowest BCUT2D eigenvalue weighted by atomic mass is 9.96. The Bertz CT molecular complexity index is 1290. The maximum Gasteiger partial charge on any atom is 0.409 e. The maximum absolute atomic E-state index is 13.4. The van der Waals surface area contributed by atoms with Crippen LogP contribution < -0.4 is 0 Å². The highest BCUT2D eigenvalue weighted by molar-refractivity contribution is 7.09. The molecule has 11 heteroatoms. The van der Waals surface area contributed by atoms with Crippen LogP contribution in [-0.2, 0) is 4.74 Å². The van der Waals surface area contributed by atoms with E-state index in [9.17, 15) is 14.4 Å². The van der Waals surface area contributed by atoms with Crippen LogP contribution in [-0.4, -0.2) is 88.6 Å². The Morgan fingerprint density at radius 1 is 0.974 bits per heavy atom. The van der Waals surface area contributed by atoms with Gasteiger partial charge in [0.2, 0.25) is 0 Å². The van der Waals surface area contributed by atoms with Crippen molar-refractivity contribution in [2.45, 2.75) is 32.6 Å². The number of carbonyl (C=O) groups is 3. The molecule has 0 unspecified atom stereocenters. The lowest BCUT2D eigenvalue weighted by Crippen LogP contribution is -2.50. The Balaban J connectivity index is 1.18. The first-order chi connectivity index (χ1) is 18.5. The molecule has 0 atom stereocenters. The van der Waals surface area contributed by atoms with Crippen molar-refractivity contribution in [2.75, 3.05) is 45.9 Å². The number of rotatable bonds is 5. The lowest BCUT2D eigenvalue weighted by Gasteiger charge is -2.33. The number of hydrogen-bond acceptors (Lipinski definition) is 8. The fourth-order valence-corrected chi connectivity index (χ4v) is 5.91. The van der Waals surface area contributed by atoms with Gasteiger partial charge in [0.05, 0.1) is 11.6 Å². The van der Waals surface area contributed by atoms with Crippen molar-refractivity contribution < 1.29 is 23.6 Å². The lowest BCUT2D eigenvalue weighted by molar-refractivity contribution is 0.0566. The molecule has 2 fully saturated rings. The molecule has 0 bridgehead atoms. The van der Waals surface area contributed by atoms with Gasteiger partial charge in [0.25, 0.3) is 11.8 Å². The predicted octanol–water partition coefficient (Wildman–Crippen LogP) is 4.04. The van der Waals surface area contributed by atoms with E-state index in [-0.39, 0.29) is 23.8 Å². The average Bonchev–Trinajstić information content (AvgIpc) is 3.60. The topological polar surface area (TPSA) is 109 Å². The second-order valence-electron chi connectivity index (χ2n) is 9.44. The summed E-state index contributed by atoms with van der Waals surface area (Å²) in [6.45, 7) is 6.89. The highest BCUT2D eigenvalue weighted by atomic mass is 32.1. The first kappa shape index (κ1) is 25.9. The van der Waals surface area contributed by atoms with E-state index in [1.165, 1.54) is 11.3 Å². The van der Waals surface area contributed by atoms with Crippen LogP contribution in [0, 0.1) is 6.92 Å². The van der Waals surface area contributed by atoms with Gasteiger partial charge in [-0.2, -0.15) is 0 Å². The second-order valence-corrected chi connectivity index (χ2v) is 10.3. The minimum atomic E-state index is -0.337. The molecule has 0 radical (unpaired) electrons. The molecule has 1 aromatic carbocycles. The Morgan fingerprint density at radius 3 is 2.32 bits per heavy atom. The molecule has 0 aliphatic carbocycles. The van der Waals surface area contributed by atoms with Crippen LogP contribution in [0.1, 0.15) is 57.3 Å².